The maximum absolute atomic E-state index is 12.4. The zero-order valence-corrected chi connectivity index (χ0v) is 11.3. The molecule has 0 aliphatic heterocycles. The Bertz CT molecular complexity index is 462. The third-order valence-corrected chi connectivity index (χ3v) is 3.96. The Labute approximate surface area is 112 Å². The molecular formula is C12H18N4OS. The molecule has 98 valence electrons. The number of nitrogens with zero attached hydrogens (tertiary/aromatic N) is 2. The highest BCUT2D eigenvalue weighted by Crippen LogP contribution is 2.37. The summed E-state index contributed by atoms with van der Waals surface area (Å²) in [5.41, 5.74) is 5.12. The topological polar surface area (TPSA) is 72.9 Å². The number of nitrogens with one attached hydrogen (secondary N) is 1. The minimum atomic E-state index is -0.689. The lowest BCUT2D eigenvalue weighted by Crippen LogP contribution is -2.47. The molecule has 0 atom stereocenters. The maximum Gasteiger partial charge on any atom is 0.238 e. The highest BCUT2D eigenvalue weighted by molar-refractivity contribution is 7.80. The Balaban J connectivity index is 2.16. The largest absolute Gasteiger partial charge is 0.392 e. The van der Waals surface area contributed by atoms with E-state index >= 15 is 0 Å². The van der Waals surface area contributed by atoms with Crippen molar-refractivity contribution < 1.29 is 4.79 Å². The molecule has 3 N–H and O–H groups in total. The number of nitrogens with two attached hydrogens (primary N) is 1. The number of hydrogen-bond acceptors (Lipinski definition) is 3. The maximum atomic E-state index is 12.4. The molecule has 0 radical (unpaired) electrons. The molecule has 6 heteroatoms. The van der Waals surface area contributed by atoms with Crippen molar-refractivity contribution in [2.75, 3.05) is 5.32 Å². The smallest absolute Gasteiger partial charge is 0.238 e. The van der Waals surface area contributed by atoms with Crippen molar-refractivity contribution in [1.82, 2.24) is 9.78 Å². The standard InChI is InChI=1S/C12H18N4OS/c1-16-8-5-9(15-16)14-11(17)12(10(13)18)6-3-2-4-7-12/h5,8H,2-4,6-7H2,1H3,(H2,13,18)(H,14,15,17). The molecule has 5 nitrogen and oxygen atoms in total. The number of aryl methyl sites for hydroxylation is 1. The zero-order valence-electron chi connectivity index (χ0n) is 10.5. The highest BCUT2D eigenvalue weighted by atomic mass is 32.1. The molecule has 1 aliphatic rings. The minimum absolute atomic E-state index is 0.117. The number of anilines is 1. The fourth-order valence-corrected chi connectivity index (χ4v) is 2.76. The summed E-state index contributed by atoms with van der Waals surface area (Å²) in [6.45, 7) is 0. The first-order chi connectivity index (χ1) is 8.54. The molecule has 1 saturated carbocycles. The van der Waals surface area contributed by atoms with E-state index in [1.54, 1.807) is 24.0 Å². The van der Waals surface area contributed by atoms with Gasteiger partial charge in [-0.3, -0.25) is 9.48 Å². The lowest BCUT2D eigenvalue weighted by atomic mass is 9.73. The van der Waals surface area contributed by atoms with Crippen LogP contribution in [0, 0.1) is 5.41 Å². The van der Waals surface area contributed by atoms with Crippen LogP contribution in [-0.4, -0.2) is 20.7 Å². The molecule has 0 bridgehead atoms. The lowest BCUT2D eigenvalue weighted by molar-refractivity contribution is -0.123. The Morgan fingerprint density at radius 3 is 2.67 bits per heavy atom. The van der Waals surface area contributed by atoms with Gasteiger partial charge in [0.25, 0.3) is 0 Å². The summed E-state index contributed by atoms with van der Waals surface area (Å²) < 4.78 is 1.64. The second kappa shape index (κ2) is 5.06. The summed E-state index contributed by atoms with van der Waals surface area (Å²) >= 11 is 5.12. The molecule has 0 spiro atoms. The first-order valence-electron chi connectivity index (χ1n) is 6.16. The zero-order chi connectivity index (χ0) is 13.2. The van der Waals surface area contributed by atoms with E-state index in [0.29, 0.717) is 10.8 Å². The average Bonchev–Trinajstić information content (AvgIpc) is 2.75. The van der Waals surface area contributed by atoms with Crippen molar-refractivity contribution in [3.63, 3.8) is 0 Å². The number of aromatic nitrogens is 2. The van der Waals surface area contributed by atoms with E-state index in [9.17, 15) is 4.79 Å². The Morgan fingerprint density at radius 2 is 2.17 bits per heavy atom. The Morgan fingerprint density at radius 1 is 1.50 bits per heavy atom. The SMILES string of the molecule is Cn1ccc(NC(=O)C2(C(N)=S)CCCCC2)n1. The van der Waals surface area contributed by atoms with Crippen LogP contribution in [0.1, 0.15) is 32.1 Å². The fourth-order valence-electron chi connectivity index (χ4n) is 2.46. The van der Waals surface area contributed by atoms with E-state index in [1.165, 1.54) is 0 Å². The molecule has 0 saturated heterocycles. The molecular weight excluding hydrogens is 248 g/mol. The summed E-state index contributed by atoms with van der Waals surface area (Å²) in [7, 11) is 1.81. The van der Waals surface area contributed by atoms with Gasteiger partial charge >= 0.3 is 0 Å². The Hall–Kier alpha value is -1.43. The van der Waals surface area contributed by atoms with Gasteiger partial charge in [0.2, 0.25) is 5.91 Å². The molecule has 1 amide bonds. The molecule has 1 aliphatic carbocycles. The van der Waals surface area contributed by atoms with Gasteiger partial charge in [0.15, 0.2) is 5.82 Å². The van der Waals surface area contributed by atoms with E-state index < -0.39 is 5.41 Å². The van der Waals surface area contributed by atoms with Crippen molar-refractivity contribution in [2.24, 2.45) is 18.2 Å². The molecule has 0 aromatic carbocycles. The van der Waals surface area contributed by atoms with Crippen LogP contribution in [0.15, 0.2) is 12.3 Å². The normalized spacial score (nSPS) is 18.3. The van der Waals surface area contributed by atoms with Crippen LogP contribution >= 0.6 is 12.2 Å². The first kappa shape index (κ1) is 13.0. The van der Waals surface area contributed by atoms with Gasteiger partial charge in [-0.2, -0.15) is 5.10 Å². The number of carbonyl (C=O) groups excluding carboxylic acids is 1. The predicted octanol–water partition coefficient (Wildman–Crippen LogP) is 1.60. The van der Waals surface area contributed by atoms with Gasteiger partial charge in [-0.15, -0.1) is 0 Å². The van der Waals surface area contributed by atoms with Gasteiger partial charge in [0, 0.05) is 19.3 Å². The van der Waals surface area contributed by atoms with Gasteiger partial charge in [-0.05, 0) is 12.8 Å². The van der Waals surface area contributed by atoms with Crippen molar-refractivity contribution in [3.8, 4) is 0 Å². The molecule has 0 unspecified atom stereocenters. The lowest BCUT2D eigenvalue weighted by Gasteiger charge is -2.34. The van der Waals surface area contributed by atoms with Crippen molar-refractivity contribution in [2.45, 2.75) is 32.1 Å². The van der Waals surface area contributed by atoms with E-state index in [-0.39, 0.29) is 5.91 Å². The van der Waals surface area contributed by atoms with Gasteiger partial charge in [-0.1, -0.05) is 31.5 Å². The minimum Gasteiger partial charge on any atom is -0.392 e. The summed E-state index contributed by atoms with van der Waals surface area (Å²) in [5.74, 6) is 0.428. The summed E-state index contributed by atoms with van der Waals surface area (Å²) in [5, 5.41) is 6.95. The summed E-state index contributed by atoms with van der Waals surface area (Å²) in [6, 6.07) is 1.76. The number of carbonyl (C=O) groups is 1. The quantitative estimate of drug-likeness (QED) is 0.815. The van der Waals surface area contributed by atoms with Gasteiger partial charge in [0.05, 0.1) is 10.4 Å². The highest BCUT2D eigenvalue weighted by Gasteiger charge is 2.42. The molecule has 18 heavy (non-hydrogen) atoms. The van der Waals surface area contributed by atoms with Crippen LogP contribution in [0.2, 0.25) is 0 Å². The van der Waals surface area contributed by atoms with Crippen LogP contribution in [0.5, 0.6) is 0 Å². The summed E-state index contributed by atoms with van der Waals surface area (Å²) in [4.78, 5) is 12.7. The second-order valence-electron chi connectivity index (χ2n) is 4.84. The molecule has 2 rings (SSSR count). The molecule has 1 aromatic heterocycles. The van der Waals surface area contributed by atoms with Crippen LogP contribution in [-0.2, 0) is 11.8 Å². The fraction of sp³-hybridized carbons (Fsp3) is 0.583. The van der Waals surface area contributed by atoms with Crippen LogP contribution in [0.25, 0.3) is 0 Å². The Kier molecular flexibility index (Phi) is 3.65. The molecule has 1 aromatic rings. The van der Waals surface area contributed by atoms with Crippen LogP contribution in [0.4, 0.5) is 5.82 Å². The average molecular weight is 266 g/mol. The number of rotatable bonds is 3. The van der Waals surface area contributed by atoms with E-state index in [1.807, 2.05) is 0 Å². The van der Waals surface area contributed by atoms with Crippen molar-refractivity contribution in [1.29, 1.82) is 0 Å². The molecule has 1 heterocycles. The third-order valence-electron chi connectivity index (χ3n) is 3.57. The van der Waals surface area contributed by atoms with E-state index in [2.05, 4.69) is 10.4 Å². The van der Waals surface area contributed by atoms with E-state index in [0.717, 1.165) is 32.1 Å². The van der Waals surface area contributed by atoms with Gasteiger partial charge < -0.3 is 11.1 Å². The van der Waals surface area contributed by atoms with E-state index in [4.69, 9.17) is 18.0 Å². The van der Waals surface area contributed by atoms with Crippen LogP contribution in [0.3, 0.4) is 0 Å². The first-order valence-corrected chi connectivity index (χ1v) is 6.56. The van der Waals surface area contributed by atoms with Crippen molar-refractivity contribution in [3.05, 3.63) is 12.3 Å². The summed E-state index contributed by atoms with van der Waals surface area (Å²) in [6.07, 6.45) is 6.38. The second-order valence-corrected chi connectivity index (χ2v) is 5.28. The predicted molar refractivity (Wildman–Crippen MR) is 74.1 cm³/mol. The van der Waals surface area contributed by atoms with Crippen molar-refractivity contribution >= 4 is 28.9 Å². The number of amides is 1. The van der Waals surface area contributed by atoms with Gasteiger partial charge in [0.1, 0.15) is 0 Å². The van der Waals surface area contributed by atoms with Crippen LogP contribution < -0.4 is 11.1 Å². The monoisotopic (exact) mass is 266 g/mol. The van der Waals surface area contributed by atoms with Gasteiger partial charge in [-0.25, -0.2) is 0 Å². The molecule has 1 fully saturated rings. The number of thiocarbonyl (C=S) groups is 1. The third kappa shape index (κ3) is 2.38. The number of hydrogen-bond donors (Lipinski definition) is 2.